The Hall–Kier alpha value is -3.46. The van der Waals surface area contributed by atoms with E-state index in [9.17, 15) is 27.9 Å². The number of aromatic nitrogens is 2. The second-order valence-electron chi connectivity index (χ2n) is 12.7. The van der Waals surface area contributed by atoms with Crippen LogP contribution in [0.3, 0.4) is 0 Å². The van der Waals surface area contributed by atoms with Gasteiger partial charge in [0.25, 0.3) is 10.0 Å². The Morgan fingerprint density at radius 3 is 2.47 bits per heavy atom. The Morgan fingerprint density at radius 2 is 1.85 bits per heavy atom. The molecule has 0 radical (unpaired) electrons. The Morgan fingerprint density at radius 1 is 1.15 bits per heavy atom. The fraction of sp³-hybridized carbons (Fsp3) is 0.576. The summed E-state index contributed by atoms with van der Waals surface area (Å²) >= 11 is 0. The van der Waals surface area contributed by atoms with Crippen molar-refractivity contribution in [1.82, 2.24) is 19.0 Å². The first-order valence-electron chi connectivity index (χ1n) is 15.9. The van der Waals surface area contributed by atoms with Crippen molar-refractivity contribution in [3.63, 3.8) is 0 Å². The van der Waals surface area contributed by atoms with Gasteiger partial charge in [0.2, 0.25) is 0 Å². The van der Waals surface area contributed by atoms with Crippen molar-refractivity contribution < 1.29 is 41.8 Å². The van der Waals surface area contributed by atoms with E-state index in [0.29, 0.717) is 43.4 Å². The second-order valence-corrected chi connectivity index (χ2v) is 14.7. The number of aliphatic hydroxyl groups excluding tert-OH is 1. The molecule has 5 atom stereocenters. The number of carbonyl (C=O) groups excluding carboxylic acids is 3. The summed E-state index contributed by atoms with van der Waals surface area (Å²) in [5, 5.41) is 13.3. The lowest BCUT2D eigenvalue weighted by Crippen LogP contribution is -2.48. The van der Waals surface area contributed by atoms with Gasteiger partial charge in [-0.15, -0.1) is 0 Å². The monoisotopic (exact) mass is 676 g/mol. The molecule has 0 unspecified atom stereocenters. The van der Waals surface area contributed by atoms with Crippen LogP contribution in [0.5, 0.6) is 0 Å². The fourth-order valence-electron chi connectivity index (χ4n) is 5.68. The highest BCUT2D eigenvalue weighted by atomic mass is 32.2. The molecule has 0 aliphatic carbocycles. The number of hydrogen-bond donors (Lipinski definition) is 1. The summed E-state index contributed by atoms with van der Waals surface area (Å²) in [6.07, 6.45) is 6.88. The van der Waals surface area contributed by atoms with Gasteiger partial charge in [0.1, 0.15) is 29.7 Å². The van der Waals surface area contributed by atoms with Crippen LogP contribution in [0.25, 0.3) is 17.0 Å². The first kappa shape index (κ1) is 36.4. The zero-order valence-electron chi connectivity index (χ0n) is 27.3. The van der Waals surface area contributed by atoms with E-state index in [1.165, 1.54) is 18.3 Å². The molecular weight excluding hydrogens is 631 g/mol. The highest BCUT2D eigenvalue weighted by Gasteiger charge is 2.36. The van der Waals surface area contributed by atoms with Crippen LogP contribution in [0, 0.1) is 23.6 Å². The maximum Gasteiger partial charge on any atom is 0.410 e. The van der Waals surface area contributed by atoms with E-state index in [-0.39, 0.29) is 42.4 Å². The molecule has 0 saturated carbocycles. The second kappa shape index (κ2) is 16.1. The van der Waals surface area contributed by atoms with Gasteiger partial charge in [-0.05, 0) is 62.4 Å². The molecule has 0 bridgehead atoms. The molecule has 12 nitrogen and oxygen atoms in total. The van der Waals surface area contributed by atoms with Crippen molar-refractivity contribution in [3.05, 3.63) is 47.4 Å². The molecule has 14 heteroatoms. The van der Waals surface area contributed by atoms with Crippen LogP contribution in [0.15, 0.2) is 36.1 Å². The van der Waals surface area contributed by atoms with Crippen LogP contribution >= 0.6 is 0 Å². The maximum atomic E-state index is 15.1. The third kappa shape index (κ3) is 8.92. The summed E-state index contributed by atoms with van der Waals surface area (Å²) in [5.74, 6) is -1.80. The van der Waals surface area contributed by atoms with Crippen molar-refractivity contribution in [2.75, 3.05) is 46.4 Å². The van der Waals surface area contributed by atoms with Gasteiger partial charge < -0.3 is 34.0 Å². The minimum absolute atomic E-state index is 0.0302. The number of fused-ring (bicyclic) bond motifs is 1. The van der Waals surface area contributed by atoms with E-state index in [2.05, 4.69) is 10.00 Å². The third-order valence-electron chi connectivity index (χ3n) is 9.02. The molecule has 47 heavy (non-hydrogen) atoms. The Balaban J connectivity index is 1.53. The topological polar surface area (TPSA) is 148 Å². The predicted molar refractivity (Wildman–Crippen MR) is 175 cm³/mol. The number of allylic oxidation sites excluding steroid dienone is 2. The van der Waals surface area contributed by atoms with Crippen LogP contribution in [0.2, 0.25) is 0 Å². The van der Waals surface area contributed by atoms with E-state index >= 15 is 4.39 Å². The average molecular weight is 677 g/mol. The van der Waals surface area contributed by atoms with Gasteiger partial charge in [-0.1, -0.05) is 31.6 Å². The molecule has 2 aliphatic heterocycles. The lowest BCUT2D eigenvalue weighted by atomic mass is 9.86. The number of piperazine rings is 1. The Bertz CT molecular complexity index is 1580. The van der Waals surface area contributed by atoms with E-state index < -0.39 is 45.3 Å². The van der Waals surface area contributed by atoms with E-state index in [0.717, 1.165) is 23.5 Å². The van der Waals surface area contributed by atoms with E-state index in [1.54, 1.807) is 24.0 Å². The molecule has 2 fully saturated rings. The molecule has 1 amide bonds. The predicted octanol–water partition coefficient (Wildman–Crippen LogP) is 3.28. The van der Waals surface area contributed by atoms with Crippen molar-refractivity contribution in [2.45, 2.75) is 57.5 Å². The van der Waals surface area contributed by atoms with Gasteiger partial charge in [-0.25, -0.2) is 17.6 Å². The normalized spacial score (nSPS) is 20.0. The summed E-state index contributed by atoms with van der Waals surface area (Å²) in [6.45, 7) is 8.14. The molecule has 2 aliphatic rings. The summed E-state index contributed by atoms with van der Waals surface area (Å²) < 4.78 is 52.9. The molecule has 0 spiro atoms. The smallest absolute Gasteiger partial charge is 0.410 e. The zero-order valence-corrected chi connectivity index (χ0v) is 28.1. The van der Waals surface area contributed by atoms with Crippen LogP contribution in [-0.4, -0.2) is 115 Å². The number of nitrogens with zero attached hydrogens (tertiary/aromatic N) is 4. The standard InChI is InChI=1S/C33H45FN4O8S/c1-22(6-8-32(23(2)5-7-26(41)9-14-39)46-33(42)37-12-10-36(4)11-13-37)29(19-40)24(3)15-25-16-30(34)28-18-35-38(31(28)17-25)47(43,44)27-20-45-21-27/h6,8,14-19,22-23,26-27,29,32,41H,5,7,9-13,20-21H2,1-4H3/b8-6+,24-15+/t22-,23-,26+,29-,32-/m0/s1. The lowest BCUT2D eigenvalue weighted by molar-refractivity contribution is -0.111. The zero-order chi connectivity index (χ0) is 34.3. The van der Waals surface area contributed by atoms with E-state index in [4.69, 9.17) is 9.47 Å². The van der Waals surface area contributed by atoms with Crippen molar-refractivity contribution >= 4 is 45.7 Å². The molecule has 3 heterocycles. The SMILES string of the molecule is C/C(=C\c1cc(F)c2cnn(S(=O)(=O)C3COC3)c2c1)[C@@H](C=O)[C@@H](C)/C=C/[C@H](OC(=O)N1CCN(C)CC1)[C@@H](C)CC[C@@H](O)CC=O. The fourth-order valence-corrected chi connectivity index (χ4v) is 7.10. The molecule has 258 valence electrons. The summed E-state index contributed by atoms with van der Waals surface area (Å²) in [5.41, 5.74) is 1.09. The van der Waals surface area contributed by atoms with Gasteiger partial charge >= 0.3 is 6.09 Å². The highest BCUT2D eigenvalue weighted by Crippen LogP contribution is 2.28. The number of hydrogen-bond acceptors (Lipinski definition) is 10. The van der Waals surface area contributed by atoms with Crippen LogP contribution < -0.4 is 0 Å². The number of benzene rings is 1. The lowest BCUT2D eigenvalue weighted by Gasteiger charge is -2.33. The number of rotatable bonds is 15. The first-order chi connectivity index (χ1) is 22.3. The third-order valence-corrected chi connectivity index (χ3v) is 10.9. The van der Waals surface area contributed by atoms with Gasteiger partial charge in [-0.2, -0.15) is 9.19 Å². The van der Waals surface area contributed by atoms with Gasteiger partial charge in [0.15, 0.2) is 0 Å². The summed E-state index contributed by atoms with van der Waals surface area (Å²) in [4.78, 5) is 40.0. The molecule has 1 N–H and O–H groups in total. The van der Waals surface area contributed by atoms with Crippen LogP contribution in [-0.2, 0) is 29.1 Å². The quantitative estimate of drug-likeness (QED) is 0.220. The van der Waals surface area contributed by atoms with Crippen LogP contribution in [0.4, 0.5) is 9.18 Å². The molecule has 1 aromatic heterocycles. The molecular formula is C33H45FN4O8S. The number of halogens is 1. The molecule has 4 rings (SSSR count). The number of carbonyl (C=O) groups is 3. The van der Waals surface area contributed by atoms with Crippen LogP contribution in [0.1, 0.15) is 45.6 Å². The number of amides is 1. The van der Waals surface area contributed by atoms with Crippen molar-refractivity contribution in [3.8, 4) is 0 Å². The molecule has 2 saturated heterocycles. The van der Waals surface area contributed by atoms with Gasteiger partial charge in [-0.3, -0.25) is 0 Å². The highest BCUT2D eigenvalue weighted by molar-refractivity contribution is 7.90. The maximum absolute atomic E-state index is 15.1. The summed E-state index contributed by atoms with van der Waals surface area (Å²) in [6, 6.07) is 2.80. The number of likely N-dealkylation sites (N-methyl/N-ethyl adjacent to an activating group) is 1. The number of aldehydes is 2. The van der Waals surface area contributed by atoms with Gasteiger partial charge in [0.05, 0.1) is 36.4 Å². The Kier molecular flexibility index (Phi) is 12.5. The van der Waals surface area contributed by atoms with E-state index in [1.807, 2.05) is 27.0 Å². The summed E-state index contributed by atoms with van der Waals surface area (Å²) in [7, 11) is -1.89. The minimum Gasteiger partial charge on any atom is -0.442 e. The number of ether oxygens (including phenoxy) is 2. The largest absolute Gasteiger partial charge is 0.442 e. The first-order valence-corrected chi connectivity index (χ1v) is 17.4. The molecule has 2 aromatic rings. The van der Waals surface area contributed by atoms with Crippen molar-refractivity contribution in [1.29, 1.82) is 0 Å². The van der Waals surface area contributed by atoms with Gasteiger partial charge in [0, 0.05) is 38.5 Å². The average Bonchev–Trinajstić information content (AvgIpc) is 3.43. The number of aliphatic hydroxyl groups is 1. The van der Waals surface area contributed by atoms with Crippen molar-refractivity contribution in [2.24, 2.45) is 17.8 Å². The Labute approximate surface area is 275 Å². The minimum atomic E-state index is -3.88. The molecule has 1 aromatic carbocycles.